The molecule has 0 fully saturated rings. The fourth-order valence-corrected chi connectivity index (χ4v) is 0.861. The van der Waals surface area contributed by atoms with Gasteiger partial charge in [-0.2, -0.15) is 0 Å². The maximum atomic E-state index is 10.3. The van der Waals surface area contributed by atoms with Crippen molar-refractivity contribution < 1.29 is 4.92 Å². The van der Waals surface area contributed by atoms with Crippen LogP contribution in [-0.4, -0.2) is 11.1 Å². The number of nitro groups is 1. The van der Waals surface area contributed by atoms with Crippen molar-refractivity contribution in [3.05, 3.63) is 52.3 Å². The predicted octanol–water partition coefficient (Wildman–Crippen LogP) is 1.44. The number of nitro benzene ring substituents is 1. The summed E-state index contributed by atoms with van der Waals surface area (Å²) < 4.78 is 0. The third-order valence-corrected chi connectivity index (χ3v) is 1.50. The summed E-state index contributed by atoms with van der Waals surface area (Å²) in [5, 5.41) is 10.3. The molecular weight excluding hydrogens is 182 g/mol. The number of hydrogen-bond acceptors (Lipinski definition) is 4. The van der Waals surface area contributed by atoms with E-state index in [4.69, 9.17) is 5.73 Å². The van der Waals surface area contributed by atoms with Crippen LogP contribution in [0.5, 0.6) is 0 Å². The lowest BCUT2D eigenvalue weighted by Crippen LogP contribution is -1.88. The smallest absolute Gasteiger partial charge is 0.269 e. The summed E-state index contributed by atoms with van der Waals surface area (Å²) in [4.78, 5) is 13.7. The van der Waals surface area contributed by atoms with Crippen molar-refractivity contribution in [3.63, 3.8) is 0 Å². The van der Waals surface area contributed by atoms with E-state index in [0.29, 0.717) is 0 Å². The molecule has 0 aromatic heterocycles. The first kappa shape index (κ1) is 9.91. The summed E-state index contributed by atoms with van der Waals surface area (Å²) in [6, 6.07) is 6.08. The van der Waals surface area contributed by atoms with Gasteiger partial charge in [-0.3, -0.25) is 15.1 Å². The molecular formula is C9H9N3O2. The summed E-state index contributed by atoms with van der Waals surface area (Å²) in [7, 11) is 0. The molecule has 0 atom stereocenters. The molecule has 2 N–H and O–H groups in total. The van der Waals surface area contributed by atoms with Crippen LogP contribution in [0.1, 0.15) is 5.56 Å². The molecule has 72 valence electrons. The molecule has 1 aromatic rings. The van der Waals surface area contributed by atoms with E-state index in [-0.39, 0.29) is 5.69 Å². The van der Waals surface area contributed by atoms with Crippen molar-refractivity contribution in [1.29, 1.82) is 0 Å². The average molecular weight is 191 g/mol. The average Bonchev–Trinajstić information content (AvgIpc) is 2.19. The van der Waals surface area contributed by atoms with Crippen LogP contribution in [0.3, 0.4) is 0 Å². The molecule has 0 saturated heterocycles. The first-order valence-corrected chi connectivity index (χ1v) is 3.88. The van der Waals surface area contributed by atoms with Crippen molar-refractivity contribution in [3.8, 4) is 0 Å². The number of benzene rings is 1. The maximum absolute atomic E-state index is 10.3. The van der Waals surface area contributed by atoms with Crippen molar-refractivity contribution in [2.75, 3.05) is 0 Å². The zero-order valence-electron chi connectivity index (χ0n) is 7.33. The van der Waals surface area contributed by atoms with E-state index in [0.717, 1.165) is 5.56 Å². The normalized spacial score (nSPS) is 11.1. The van der Waals surface area contributed by atoms with E-state index in [1.165, 1.54) is 24.5 Å². The molecule has 0 spiro atoms. The Morgan fingerprint density at radius 1 is 1.36 bits per heavy atom. The SMILES string of the molecule is N/C=C\N=Cc1ccc([N+](=O)[O-])cc1. The van der Waals surface area contributed by atoms with E-state index in [1.54, 1.807) is 18.3 Å². The number of nitrogens with two attached hydrogens (primary N) is 1. The van der Waals surface area contributed by atoms with Gasteiger partial charge in [0.05, 0.1) is 4.92 Å². The second-order valence-electron chi connectivity index (χ2n) is 2.47. The van der Waals surface area contributed by atoms with Crippen LogP contribution in [0, 0.1) is 10.1 Å². The molecule has 1 rings (SSSR count). The monoisotopic (exact) mass is 191 g/mol. The Labute approximate surface area is 80.7 Å². The number of hydrogen-bond donors (Lipinski definition) is 1. The van der Waals surface area contributed by atoms with Gasteiger partial charge in [0.2, 0.25) is 0 Å². The first-order chi connectivity index (χ1) is 6.74. The van der Waals surface area contributed by atoms with E-state index >= 15 is 0 Å². The third-order valence-electron chi connectivity index (χ3n) is 1.50. The maximum Gasteiger partial charge on any atom is 0.269 e. The molecule has 0 unspecified atom stereocenters. The zero-order chi connectivity index (χ0) is 10.4. The molecule has 0 heterocycles. The minimum absolute atomic E-state index is 0.0662. The minimum Gasteiger partial charge on any atom is -0.403 e. The van der Waals surface area contributed by atoms with Crippen molar-refractivity contribution >= 4 is 11.9 Å². The van der Waals surface area contributed by atoms with Crippen LogP contribution in [-0.2, 0) is 0 Å². The number of aliphatic imine (C=N–C) groups is 1. The number of non-ortho nitro benzene ring substituents is 1. The molecule has 14 heavy (non-hydrogen) atoms. The first-order valence-electron chi connectivity index (χ1n) is 3.88. The third kappa shape index (κ3) is 2.71. The Hall–Kier alpha value is -2.17. The van der Waals surface area contributed by atoms with Gasteiger partial charge in [-0.1, -0.05) is 0 Å². The quantitative estimate of drug-likeness (QED) is 0.446. The zero-order valence-corrected chi connectivity index (χ0v) is 7.33. The van der Waals surface area contributed by atoms with Crippen LogP contribution >= 0.6 is 0 Å². The highest BCUT2D eigenvalue weighted by molar-refractivity contribution is 5.80. The Kier molecular flexibility index (Phi) is 3.37. The summed E-state index contributed by atoms with van der Waals surface area (Å²) in [5.74, 6) is 0. The van der Waals surface area contributed by atoms with Crippen LogP contribution in [0.25, 0.3) is 0 Å². The molecule has 0 saturated carbocycles. The second kappa shape index (κ2) is 4.76. The molecule has 0 aliphatic rings. The van der Waals surface area contributed by atoms with Gasteiger partial charge in [0.15, 0.2) is 0 Å². The highest BCUT2D eigenvalue weighted by Crippen LogP contribution is 2.10. The summed E-state index contributed by atoms with van der Waals surface area (Å²) >= 11 is 0. The number of rotatable bonds is 3. The summed E-state index contributed by atoms with van der Waals surface area (Å²) in [5.41, 5.74) is 5.92. The Bertz CT molecular complexity index is 368. The van der Waals surface area contributed by atoms with Crippen LogP contribution in [0.15, 0.2) is 41.7 Å². The standard InChI is InChI=1S/C9H9N3O2/c10-5-6-11-7-8-1-3-9(4-2-8)12(13)14/h1-7H,10H2/b6-5-,11-7?. The topological polar surface area (TPSA) is 81.5 Å². The Balaban J connectivity index is 2.78. The molecule has 0 amide bonds. The van der Waals surface area contributed by atoms with Crippen LogP contribution in [0.4, 0.5) is 5.69 Å². The van der Waals surface area contributed by atoms with Gasteiger partial charge in [0, 0.05) is 30.7 Å². The summed E-state index contributed by atoms with van der Waals surface area (Å²) in [6.45, 7) is 0. The Morgan fingerprint density at radius 2 is 2.00 bits per heavy atom. The molecule has 1 aromatic carbocycles. The van der Waals surface area contributed by atoms with Gasteiger partial charge < -0.3 is 5.73 Å². The van der Waals surface area contributed by atoms with Gasteiger partial charge in [0.1, 0.15) is 0 Å². The van der Waals surface area contributed by atoms with Crippen LogP contribution < -0.4 is 5.73 Å². The van der Waals surface area contributed by atoms with E-state index in [2.05, 4.69) is 4.99 Å². The lowest BCUT2D eigenvalue weighted by molar-refractivity contribution is -0.384. The largest absolute Gasteiger partial charge is 0.403 e. The molecule has 0 radical (unpaired) electrons. The van der Waals surface area contributed by atoms with E-state index in [1.807, 2.05) is 0 Å². The van der Waals surface area contributed by atoms with Crippen molar-refractivity contribution in [1.82, 2.24) is 0 Å². The highest BCUT2D eigenvalue weighted by atomic mass is 16.6. The lowest BCUT2D eigenvalue weighted by Gasteiger charge is -1.91. The Morgan fingerprint density at radius 3 is 2.50 bits per heavy atom. The summed E-state index contributed by atoms with van der Waals surface area (Å²) in [6.07, 6.45) is 4.30. The van der Waals surface area contributed by atoms with Gasteiger partial charge in [-0.05, 0) is 17.7 Å². The van der Waals surface area contributed by atoms with Gasteiger partial charge in [0.25, 0.3) is 5.69 Å². The van der Waals surface area contributed by atoms with Gasteiger partial charge in [-0.15, -0.1) is 0 Å². The molecule has 5 heteroatoms. The highest BCUT2D eigenvalue weighted by Gasteiger charge is 2.01. The predicted molar refractivity (Wildman–Crippen MR) is 54.0 cm³/mol. The second-order valence-corrected chi connectivity index (χ2v) is 2.47. The van der Waals surface area contributed by atoms with Gasteiger partial charge >= 0.3 is 0 Å². The van der Waals surface area contributed by atoms with Crippen LogP contribution in [0.2, 0.25) is 0 Å². The molecule has 5 nitrogen and oxygen atoms in total. The fraction of sp³-hybridized carbons (Fsp3) is 0. The molecule has 0 aliphatic heterocycles. The van der Waals surface area contributed by atoms with E-state index < -0.39 is 4.92 Å². The van der Waals surface area contributed by atoms with Gasteiger partial charge in [-0.25, -0.2) is 0 Å². The van der Waals surface area contributed by atoms with Crippen molar-refractivity contribution in [2.45, 2.75) is 0 Å². The molecule has 0 aliphatic carbocycles. The van der Waals surface area contributed by atoms with E-state index in [9.17, 15) is 10.1 Å². The number of nitrogens with zero attached hydrogens (tertiary/aromatic N) is 2. The molecule has 0 bridgehead atoms. The lowest BCUT2D eigenvalue weighted by atomic mass is 10.2. The minimum atomic E-state index is -0.444. The van der Waals surface area contributed by atoms with Crippen molar-refractivity contribution in [2.24, 2.45) is 10.7 Å². The fourth-order valence-electron chi connectivity index (χ4n) is 0.861.